The van der Waals surface area contributed by atoms with E-state index in [0.717, 1.165) is 10.6 Å². The first-order chi connectivity index (χ1) is 17.7. The van der Waals surface area contributed by atoms with Gasteiger partial charge in [-0.1, -0.05) is 29.3 Å². The molecule has 1 amide bonds. The first kappa shape index (κ1) is 25.8. The van der Waals surface area contributed by atoms with Crippen molar-refractivity contribution >= 4 is 34.9 Å². The maximum Gasteiger partial charge on any atom is 0.251 e. The highest BCUT2D eigenvalue weighted by atomic mass is 35.5. The standard InChI is InChI=1S/C26H17Cl2FN4O4/c27-16-3-2-15(10-30)19(7-16)20-9-25(35)33(11-21(20)28)23(8-17-12-37-13-32-17)24(34)6-14-1-4-18(26(31)36)22(29)5-14/h1-5,7,9,11-13,23H,6,8H2,(H2,31,36). The summed E-state index contributed by atoms with van der Waals surface area (Å²) in [6, 6.07) is 10.4. The minimum atomic E-state index is -1.07. The molecule has 4 aromatic rings. The number of ketones is 1. The lowest BCUT2D eigenvalue weighted by atomic mass is 9.98. The van der Waals surface area contributed by atoms with Gasteiger partial charge in [0.15, 0.2) is 12.2 Å². The van der Waals surface area contributed by atoms with Gasteiger partial charge < -0.3 is 14.7 Å². The van der Waals surface area contributed by atoms with E-state index in [0.29, 0.717) is 16.3 Å². The number of pyridine rings is 1. The largest absolute Gasteiger partial charge is 0.451 e. The second-order valence-corrected chi connectivity index (χ2v) is 8.95. The van der Waals surface area contributed by atoms with Gasteiger partial charge in [0.2, 0.25) is 0 Å². The number of carbonyl (C=O) groups excluding carboxylic acids is 2. The van der Waals surface area contributed by atoms with Crippen LogP contribution in [0.1, 0.15) is 33.2 Å². The van der Waals surface area contributed by atoms with Crippen molar-refractivity contribution in [1.29, 1.82) is 5.26 Å². The highest BCUT2D eigenvalue weighted by Gasteiger charge is 2.25. The Morgan fingerprint density at radius 3 is 2.59 bits per heavy atom. The topological polar surface area (TPSA) is 132 Å². The first-order valence-corrected chi connectivity index (χ1v) is 11.5. The lowest BCUT2D eigenvalue weighted by Crippen LogP contribution is -2.32. The highest BCUT2D eigenvalue weighted by molar-refractivity contribution is 6.33. The van der Waals surface area contributed by atoms with Crippen molar-refractivity contribution in [2.75, 3.05) is 0 Å². The van der Waals surface area contributed by atoms with Crippen LogP contribution in [-0.2, 0) is 17.6 Å². The van der Waals surface area contributed by atoms with Crippen LogP contribution in [0.5, 0.6) is 0 Å². The average Bonchev–Trinajstić information content (AvgIpc) is 3.37. The summed E-state index contributed by atoms with van der Waals surface area (Å²) < 4.78 is 20.4. The summed E-state index contributed by atoms with van der Waals surface area (Å²) in [4.78, 5) is 42.0. The van der Waals surface area contributed by atoms with Gasteiger partial charge in [-0.25, -0.2) is 9.37 Å². The lowest BCUT2D eigenvalue weighted by molar-refractivity contribution is -0.121. The van der Waals surface area contributed by atoms with Gasteiger partial charge in [-0.3, -0.25) is 14.4 Å². The summed E-state index contributed by atoms with van der Waals surface area (Å²) in [6.45, 7) is 0. The number of hydrogen-bond acceptors (Lipinski definition) is 6. The number of Topliss-reactive ketones (excluding diaryl/α,β-unsaturated/α-hetero) is 1. The van der Waals surface area contributed by atoms with Crippen molar-refractivity contribution in [3.05, 3.63) is 110 Å². The molecule has 11 heteroatoms. The first-order valence-electron chi connectivity index (χ1n) is 10.8. The number of amides is 1. The van der Waals surface area contributed by atoms with Crippen molar-refractivity contribution in [3.8, 4) is 17.2 Å². The Labute approximate surface area is 219 Å². The second-order valence-electron chi connectivity index (χ2n) is 8.10. The monoisotopic (exact) mass is 538 g/mol. The molecule has 0 spiro atoms. The van der Waals surface area contributed by atoms with Gasteiger partial charge in [0, 0.05) is 41.3 Å². The maximum atomic E-state index is 14.3. The van der Waals surface area contributed by atoms with Gasteiger partial charge in [-0.2, -0.15) is 5.26 Å². The molecule has 0 fully saturated rings. The second kappa shape index (κ2) is 10.8. The van der Waals surface area contributed by atoms with Crippen molar-refractivity contribution in [2.45, 2.75) is 18.9 Å². The van der Waals surface area contributed by atoms with Crippen molar-refractivity contribution in [2.24, 2.45) is 5.73 Å². The quantitative estimate of drug-likeness (QED) is 0.350. The highest BCUT2D eigenvalue weighted by Crippen LogP contribution is 2.32. The Balaban J connectivity index is 1.74. The number of rotatable bonds is 8. The number of aromatic nitrogens is 2. The van der Waals surface area contributed by atoms with E-state index in [-0.39, 0.29) is 40.1 Å². The van der Waals surface area contributed by atoms with Crippen LogP contribution in [0.2, 0.25) is 10.0 Å². The average molecular weight is 539 g/mol. The molecule has 2 N–H and O–H groups in total. The number of nitrogens with two attached hydrogens (primary N) is 1. The van der Waals surface area contributed by atoms with Crippen LogP contribution >= 0.6 is 23.2 Å². The van der Waals surface area contributed by atoms with E-state index in [2.05, 4.69) is 4.98 Å². The molecule has 0 saturated heterocycles. The Hall–Kier alpha value is -4.26. The van der Waals surface area contributed by atoms with E-state index >= 15 is 0 Å². The minimum Gasteiger partial charge on any atom is -0.451 e. The van der Waals surface area contributed by atoms with Crippen LogP contribution < -0.4 is 11.3 Å². The molecule has 4 rings (SSSR count). The summed E-state index contributed by atoms with van der Waals surface area (Å²) in [5, 5.41) is 9.92. The number of oxazole rings is 1. The Morgan fingerprint density at radius 1 is 1.16 bits per heavy atom. The summed E-state index contributed by atoms with van der Waals surface area (Å²) in [6.07, 6.45) is 3.58. The molecule has 1 unspecified atom stereocenters. The van der Waals surface area contributed by atoms with Gasteiger partial charge >= 0.3 is 0 Å². The number of benzene rings is 2. The molecule has 2 aromatic carbocycles. The fraction of sp³-hybridized carbons (Fsp3) is 0.115. The number of nitrogens with zero attached hydrogens (tertiary/aromatic N) is 3. The third-order valence-electron chi connectivity index (χ3n) is 5.69. The summed E-state index contributed by atoms with van der Waals surface area (Å²) in [5.74, 6) is -2.23. The summed E-state index contributed by atoms with van der Waals surface area (Å²) in [7, 11) is 0. The Bertz CT molecular complexity index is 1610. The predicted octanol–water partition coefficient (Wildman–Crippen LogP) is 4.52. The van der Waals surface area contributed by atoms with E-state index < -0.39 is 29.1 Å². The Morgan fingerprint density at radius 2 is 1.95 bits per heavy atom. The van der Waals surface area contributed by atoms with Crippen LogP contribution in [0.3, 0.4) is 0 Å². The molecule has 186 valence electrons. The van der Waals surface area contributed by atoms with Crippen LogP contribution in [-0.4, -0.2) is 21.2 Å². The smallest absolute Gasteiger partial charge is 0.251 e. The van der Waals surface area contributed by atoms with E-state index in [1.165, 1.54) is 49.2 Å². The molecule has 0 saturated carbocycles. The number of nitriles is 1. The van der Waals surface area contributed by atoms with E-state index in [9.17, 15) is 24.0 Å². The zero-order valence-corrected chi connectivity index (χ0v) is 20.5. The van der Waals surface area contributed by atoms with Gasteiger partial charge in [0.25, 0.3) is 11.5 Å². The van der Waals surface area contributed by atoms with Crippen LogP contribution in [0.15, 0.2) is 70.5 Å². The zero-order chi connectivity index (χ0) is 26.7. The molecule has 2 aromatic heterocycles. The van der Waals surface area contributed by atoms with Gasteiger partial charge in [-0.15, -0.1) is 0 Å². The Kier molecular flexibility index (Phi) is 7.53. The zero-order valence-electron chi connectivity index (χ0n) is 19.0. The fourth-order valence-corrected chi connectivity index (χ4v) is 4.33. The van der Waals surface area contributed by atoms with E-state index in [1.54, 1.807) is 6.07 Å². The number of primary amides is 1. The summed E-state index contributed by atoms with van der Waals surface area (Å²) >= 11 is 12.6. The predicted molar refractivity (Wildman–Crippen MR) is 134 cm³/mol. The molecule has 8 nitrogen and oxygen atoms in total. The van der Waals surface area contributed by atoms with Crippen LogP contribution in [0.25, 0.3) is 11.1 Å². The molecular weight excluding hydrogens is 522 g/mol. The molecule has 0 bridgehead atoms. The SMILES string of the molecule is N#Cc1ccc(Cl)cc1-c1cc(=O)n(C(Cc2cocn2)C(=O)Cc2ccc(C(N)=O)c(F)c2)cc1Cl. The number of halogens is 3. The van der Waals surface area contributed by atoms with E-state index in [1.807, 2.05) is 6.07 Å². The van der Waals surface area contributed by atoms with Crippen molar-refractivity contribution in [3.63, 3.8) is 0 Å². The fourth-order valence-electron chi connectivity index (χ4n) is 3.90. The molecule has 0 aliphatic heterocycles. The lowest BCUT2D eigenvalue weighted by Gasteiger charge is -2.20. The van der Waals surface area contributed by atoms with Crippen molar-refractivity contribution < 1.29 is 18.4 Å². The van der Waals surface area contributed by atoms with Crippen LogP contribution in [0, 0.1) is 17.1 Å². The number of hydrogen-bond donors (Lipinski definition) is 1. The third-order valence-corrected chi connectivity index (χ3v) is 6.23. The molecule has 1 atom stereocenters. The maximum absolute atomic E-state index is 14.3. The molecular formula is C26H17Cl2FN4O4. The molecule has 2 heterocycles. The van der Waals surface area contributed by atoms with Gasteiger partial charge in [-0.05, 0) is 35.9 Å². The molecule has 37 heavy (non-hydrogen) atoms. The molecule has 0 radical (unpaired) electrons. The third kappa shape index (κ3) is 5.61. The number of carbonyl (C=O) groups is 2. The normalized spacial score (nSPS) is 11.6. The summed E-state index contributed by atoms with van der Waals surface area (Å²) in [5.41, 5.74) is 5.87. The molecule has 0 aliphatic carbocycles. The molecule has 0 aliphatic rings. The van der Waals surface area contributed by atoms with Crippen LogP contribution in [0.4, 0.5) is 4.39 Å². The van der Waals surface area contributed by atoms with Gasteiger partial charge in [0.1, 0.15) is 18.1 Å². The van der Waals surface area contributed by atoms with E-state index in [4.69, 9.17) is 33.4 Å². The minimum absolute atomic E-state index is 0.00657. The van der Waals surface area contributed by atoms with Crippen molar-refractivity contribution in [1.82, 2.24) is 9.55 Å². The van der Waals surface area contributed by atoms with Gasteiger partial charge in [0.05, 0.1) is 27.9 Å².